The van der Waals surface area contributed by atoms with E-state index in [9.17, 15) is 13.2 Å². The smallest absolute Gasteiger partial charge is 0.406 e. The number of anilines is 1. The molecule has 3 rings (SSSR count). The Hall–Kier alpha value is -2.50. The first-order chi connectivity index (χ1) is 11.8. The number of hydrogen-bond acceptors (Lipinski definition) is 3. The van der Waals surface area contributed by atoms with Crippen LogP contribution in [0.4, 0.5) is 18.9 Å². The molecule has 2 aromatic rings. The molecular weight excluding hydrogens is 329 g/mol. The normalized spacial score (nSPS) is 17.4. The van der Waals surface area contributed by atoms with Gasteiger partial charge in [-0.2, -0.15) is 0 Å². The molecule has 1 aliphatic heterocycles. The molecule has 0 aliphatic carbocycles. The van der Waals surface area contributed by atoms with E-state index in [1.54, 1.807) is 6.07 Å². The van der Waals surface area contributed by atoms with Crippen LogP contribution in [0.15, 0.2) is 53.5 Å². The minimum absolute atomic E-state index is 0.0228. The van der Waals surface area contributed by atoms with Crippen LogP contribution in [0.2, 0.25) is 0 Å². The zero-order valence-corrected chi connectivity index (χ0v) is 14.0. The SMILES string of the molecule is CC(C)[C@H]1CNc2ccc(OC(F)(F)F)cc2C(c2ccccc2)=N1. The minimum Gasteiger partial charge on any atom is -0.406 e. The summed E-state index contributed by atoms with van der Waals surface area (Å²) in [5, 5.41) is 3.29. The van der Waals surface area contributed by atoms with Gasteiger partial charge in [0.15, 0.2) is 0 Å². The van der Waals surface area contributed by atoms with E-state index < -0.39 is 6.36 Å². The number of ether oxygens (including phenoxy) is 1. The monoisotopic (exact) mass is 348 g/mol. The van der Waals surface area contributed by atoms with Crippen molar-refractivity contribution in [2.45, 2.75) is 26.3 Å². The third-order valence-electron chi connectivity index (χ3n) is 4.09. The zero-order valence-electron chi connectivity index (χ0n) is 14.0. The predicted octanol–water partition coefficient (Wildman–Crippen LogP) is 4.87. The fourth-order valence-corrected chi connectivity index (χ4v) is 2.78. The third-order valence-corrected chi connectivity index (χ3v) is 4.09. The summed E-state index contributed by atoms with van der Waals surface area (Å²) in [6.45, 7) is 4.78. The van der Waals surface area contributed by atoms with E-state index >= 15 is 0 Å². The average molecular weight is 348 g/mol. The third kappa shape index (κ3) is 4.13. The van der Waals surface area contributed by atoms with Gasteiger partial charge >= 0.3 is 6.36 Å². The quantitative estimate of drug-likeness (QED) is 0.858. The predicted molar refractivity (Wildman–Crippen MR) is 92.3 cm³/mol. The van der Waals surface area contributed by atoms with Crippen LogP contribution in [0.1, 0.15) is 25.0 Å². The molecule has 1 heterocycles. The first-order valence-electron chi connectivity index (χ1n) is 8.11. The summed E-state index contributed by atoms with van der Waals surface area (Å²) in [6.07, 6.45) is -4.73. The molecule has 2 aromatic carbocycles. The van der Waals surface area contributed by atoms with Crippen molar-refractivity contribution in [1.29, 1.82) is 0 Å². The van der Waals surface area contributed by atoms with Crippen LogP contribution in [-0.4, -0.2) is 24.7 Å². The van der Waals surface area contributed by atoms with Gasteiger partial charge in [0.05, 0.1) is 11.8 Å². The van der Waals surface area contributed by atoms with Crippen LogP contribution >= 0.6 is 0 Å². The summed E-state index contributed by atoms with van der Waals surface area (Å²) >= 11 is 0. The van der Waals surface area contributed by atoms with Gasteiger partial charge in [0.2, 0.25) is 0 Å². The van der Waals surface area contributed by atoms with E-state index in [0.29, 0.717) is 23.7 Å². The van der Waals surface area contributed by atoms with Gasteiger partial charge in [0.25, 0.3) is 0 Å². The Morgan fingerprint density at radius 3 is 2.48 bits per heavy atom. The van der Waals surface area contributed by atoms with Crippen LogP contribution in [0.25, 0.3) is 0 Å². The first-order valence-corrected chi connectivity index (χ1v) is 8.11. The molecule has 0 aromatic heterocycles. The van der Waals surface area contributed by atoms with Crippen molar-refractivity contribution in [3.05, 3.63) is 59.7 Å². The fraction of sp³-hybridized carbons (Fsp3) is 0.316. The van der Waals surface area contributed by atoms with Gasteiger partial charge in [-0.3, -0.25) is 4.99 Å². The molecule has 0 saturated carbocycles. The second-order valence-electron chi connectivity index (χ2n) is 6.29. The van der Waals surface area contributed by atoms with E-state index in [4.69, 9.17) is 4.99 Å². The number of alkyl halides is 3. The van der Waals surface area contributed by atoms with Gasteiger partial charge in [-0.25, -0.2) is 0 Å². The average Bonchev–Trinajstić information content (AvgIpc) is 2.74. The number of hydrogen-bond donors (Lipinski definition) is 1. The lowest BCUT2D eigenvalue weighted by molar-refractivity contribution is -0.274. The van der Waals surface area contributed by atoms with Gasteiger partial charge in [-0.1, -0.05) is 44.2 Å². The van der Waals surface area contributed by atoms with Crippen molar-refractivity contribution in [2.75, 3.05) is 11.9 Å². The molecule has 1 N–H and O–H groups in total. The minimum atomic E-state index is -4.73. The summed E-state index contributed by atoms with van der Waals surface area (Å²) in [7, 11) is 0. The van der Waals surface area contributed by atoms with Crippen molar-refractivity contribution in [3.8, 4) is 5.75 Å². The van der Waals surface area contributed by atoms with E-state index in [-0.39, 0.29) is 11.8 Å². The van der Waals surface area contributed by atoms with Crippen molar-refractivity contribution >= 4 is 11.4 Å². The van der Waals surface area contributed by atoms with Gasteiger partial charge in [0, 0.05) is 23.4 Å². The topological polar surface area (TPSA) is 33.6 Å². The Morgan fingerprint density at radius 2 is 1.84 bits per heavy atom. The van der Waals surface area contributed by atoms with Gasteiger partial charge in [-0.05, 0) is 24.1 Å². The van der Waals surface area contributed by atoms with Gasteiger partial charge < -0.3 is 10.1 Å². The molecule has 0 saturated heterocycles. The number of fused-ring (bicyclic) bond motifs is 1. The number of aliphatic imine (C=N–C) groups is 1. The highest BCUT2D eigenvalue weighted by Crippen LogP contribution is 2.31. The standard InChI is InChI=1S/C19H19F3N2O/c1-12(2)17-11-23-16-9-8-14(25-19(20,21)22)10-15(16)18(24-17)13-6-4-3-5-7-13/h3-10,12,17,23H,11H2,1-2H3/t17-/m1/s1. The van der Waals surface area contributed by atoms with Crippen molar-refractivity contribution in [2.24, 2.45) is 10.9 Å². The molecule has 6 heteroatoms. The van der Waals surface area contributed by atoms with Crippen LogP contribution in [0.3, 0.4) is 0 Å². The number of rotatable bonds is 3. The molecular formula is C19H19F3N2O. The highest BCUT2D eigenvalue weighted by molar-refractivity contribution is 6.16. The lowest BCUT2D eigenvalue weighted by Gasteiger charge is -2.16. The van der Waals surface area contributed by atoms with Crippen LogP contribution in [0.5, 0.6) is 5.75 Å². The summed E-state index contributed by atoms with van der Waals surface area (Å²) in [5.74, 6) is 0.0473. The summed E-state index contributed by atoms with van der Waals surface area (Å²) < 4.78 is 41.8. The Labute approximate surface area is 144 Å². The maximum atomic E-state index is 12.6. The molecule has 0 fully saturated rings. The van der Waals surface area contributed by atoms with E-state index in [2.05, 4.69) is 23.9 Å². The van der Waals surface area contributed by atoms with Crippen molar-refractivity contribution in [1.82, 2.24) is 0 Å². The Morgan fingerprint density at radius 1 is 1.12 bits per heavy atom. The van der Waals surface area contributed by atoms with E-state index in [1.807, 2.05) is 30.3 Å². The Kier molecular flexibility index (Phi) is 4.70. The molecule has 132 valence electrons. The zero-order chi connectivity index (χ0) is 18.0. The number of benzodiazepines with no additional fused rings is 1. The summed E-state index contributed by atoms with van der Waals surface area (Å²) in [5.41, 5.74) is 2.89. The second-order valence-corrected chi connectivity index (χ2v) is 6.29. The number of nitrogens with one attached hydrogen (secondary N) is 1. The second kappa shape index (κ2) is 6.78. The maximum Gasteiger partial charge on any atom is 0.573 e. The van der Waals surface area contributed by atoms with Crippen LogP contribution in [-0.2, 0) is 0 Å². The number of benzene rings is 2. The summed E-state index contributed by atoms with van der Waals surface area (Å²) in [6, 6.07) is 13.8. The highest BCUT2D eigenvalue weighted by Gasteiger charge is 2.32. The van der Waals surface area contributed by atoms with Crippen LogP contribution in [0, 0.1) is 5.92 Å². The van der Waals surface area contributed by atoms with Crippen molar-refractivity contribution in [3.63, 3.8) is 0 Å². The molecule has 0 radical (unpaired) electrons. The molecule has 0 spiro atoms. The molecule has 0 unspecified atom stereocenters. The molecule has 25 heavy (non-hydrogen) atoms. The van der Waals surface area contributed by atoms with Crippen molar-refractivity contribution < 1.29 is 17.9 Å². The first kappa shape index (κ1) is 17.3. The highest BCUT2D eigenvalue weighted by atomic mass is 19.4. The van der Waals surface area contributed by atoms with Crippen LogP contribution < -0.4 is 10.1 Å². The number of halogens is 3. The lowest BCUT2D eigenvalue weighted by Crippen LogP contribution is -2.22. The lowest BCUT2D eigenvalue weighted by atomic mass is 10.00. The number of nitrogens with zero attached hydrogens (tertiary/aromatic N) is 1. The Bertz CT molecular complexity index is 770. The molecule has 1 atom stereocenters. The summed E-state index contributed by atoms with van der Waals surface area (Å²) in [4.78, 5) is 4.84. The van der Waals surface area contributed by atoms with E-state index in [1.165, 1.54) is 12.1 Å². The van der Waals surface area contributed by atoms with Gasteiger partial charge in [-0.15, -0.1) is 13.2 Å². The Balaban J connectivity index is 2.11. The maximum absolute atomic E-state index is 12.6. The molecule has 0 bridgehead atoms. The van der Waals surface area contributed by atoms with Gasteiger partial charge in [0.1, 0.15) is 5.75 Å². The molecule has 3 nitrogen and oxygen atoms in total. The van der Waals surface area contributed by atoms with E-state index in [0.717, 1.165) is 11.3 Å². The molecule has 0 amide bonds. The molecule has 1 aliphatic rings. The largest absolute Gasteiger partial charge is 0.573 e. The fourth-order valence-electron chi connectivity index (χ4n) is 2.78.